The summed E-state index contributed by atoms with van der Waals surface area (Å²) < 4.78 is 15.5. The molecule has 2 aromatic rings. The molecule has 1 aliphatic heterocycles. The molecule has 6 heteroatoms. The third kappa shape index (κ3) is 3.06. The van der Waals surface area contributed by atoms with Gasteiger partial charge >= 0.3 is 11.9 Å². The fourth-order valence-electron chi connectivity index (χ4n) is 2.00. The van der Waals surface area contributed by atoms with Gasteiger partial charge < -0.3 is 14.2 Å². The Hall–Kier alpha value is -2.89. The standard InChI is InChI=1S/C16H13NO5/c18-15(22-13-8-10-20-16(13)19)12-7-4-9-17-14(12)21-11-5-2-1-3-6-11/h1-7,9,13H,8,10H2/t13-/m1/s1. The lowest BCUT2D eigenvalue weighted by atomic mass is 10.2. The SMILES string of the molecule is O=C(O[C@@H]1CCOC1=O)c1cccnc1Oc1ccccc1. The molecule has 3 rings (SSSR count). The van der Waals surface area contributed by atoms with Crippen molar-refractivity contribution in [2.24, 2.45) is 0 Å². The quantitative estimate of drug-likeness (QED) is 0.807. The third-order valence-electron chi connectivity index (χ3n) is 3.09. The van der Waals surface area contributed by atoms with Crippen molar-refractivity contribution in [3.05, 3.63) is 54.2 Å². The zero-order valence-electron chi connectivity index (χ0n) is 11.6. The van der Waals surface area contributed by atoms with Gasteiger partial charge in [-0.1, -0.05) is 18.2 Å². The first-order chi connectivity index (χ1) is 10.7. The highest BCUT2D eigenvalue weighted by molar-refractivity contribution is 5.93. The van der Waals surface area contributed by atoms with E-state index in [1.807, 2.05) is 18.2 Å². The first-order valence-corrected chi connectivity index (χ1v) is 6.79. The number of cyclic esters (lactones) is 1. The summed E-state index contributed by atoms with van der Waals surface area (Å²) in [5.74, 6) is -0.508. The first kappa shape index (κ1) is 14.1. The molecule has 0 amide bonds. The Bertz CT molecular complexity index is 686. The van der Waals surface area contributed by atoms with Crippen molar-refractivity contribution in [1.29, 1.82) is 0 Å². The topological polar surface area (TPSA) is 74.7 Å². The van der Waals surface area contributed by atoms with E-state index < -0.39 is 18.0 Å². The predicted octanol–water partition coefficient (Wildman–Crippen LogP) is 2.35. The molecule has 0 unspecified atom stereocenters. The van der Waals surface area contributed by atoms with Crippen molar-refractivity contribution in [3.8, 4) is 11.6 Å². The lowest BCUT2D eigenvalue weighted by Crippen LogP contribution is -2.23. The van der Waals surface area contributed by atoms with E-state index in [1.54, 1.807) is 18.2 Å². The lowest BCUT2D eigenvalue weighted by molar-refractivity contribution is -0.145. The van der Waals surface area contributed by atoms with Crippen LogP contribution in [0.3, 0.4) is 0 Å². The molecular weight excluding hydrogens is 286 g/mol. The van der Waals surface area contributed by atoms with Crippen molar-refractivity contribution in [2.75, 3.05) is 6.61 Å². The highest BCUT2D eigenvalue weighted by Crippen LogP contribution is 2.24. The molecule has 22 heavy (non-hydrogen) atoms. The molecule has 1 saturated heterocycles. The van der Waals surface area contributed by atoms with Crippen molar-refractivity contribution >= 4 is 11.9 Å². The van der Waals surface area contributed by atoms with Crippen LogP contribution in [0.25, 0.3) is 0 Å². The number of carbonyl (C=O) groups excluding carboxylic acids is 2. The van der Waals surface area contributed by atoms with Gasteiger partial charge in [0.2, 0.25) is 12.0 Å². The zero-order valence-corrected chi connectivity index (χ0v) is 11.6. The van der Waals surface area contributed by atoms with Crippen LogP contribution in [-0.2, 0) is 14.3 Å². The Labute approximate surface area is 126 Å². The van der Waals surface area contributed by atoms with Gasteiger partial charge in [-0.2, -0.15) is 0 Å². The third-order valence-corrected chi connectivity index (χ3v) is 3.09. The molecule has 0 bridgehead atoms. The van der Waals surface area contributed by atoms with Crippen molar-refractivity contribution in [3.63, 3.8) is 0 Å². The van der Waals surface area contributed by atoms with Gasteiger partial charge in [0.15, 0.2) is 0 Å². The molecule has 1 aliphatic rings. The van der Waals surface area contributed by atoms with E-state index >= 15 is 0 Å². The molecule has 0 radical (unpaired) electrons. The molecule has 112 valence electrons. The van der Waals surface area contributed by atoms with Crippen molar-refractivity contribution in [2.45, 2.75) is 12.5 Å². The number of para-hydroxylation sites is 1. The number of rotatable bonds is 4. The number of ether oxygens (including phenoxy) is 3. The minimum Gasteiger partial charge on any atom is -0.463 e. The Kier molecular flexibility index (Phi) is 4.00. The molecule has 1 aromatic carbocycles. The van der Waals surface area contributed by atoms with Crippen LogP contribution in [0.15, 0.2) is 48.7 Å². The second-order valence-electron chi connectivity index (χ2n) is 4.62. The van der Waals surface area contributed by atoms with Gasteiger partial charge in [0.25, 0.3) is 0 Å². The Morgan fingerprint density at radius 3 is 2.73 bits per heavy atom. The van der Waals surface area contributed by atoms with E-state index in [0.717, 1.165) is 0 Å². The lowest BCUT2D eigenvalue weighted by Gasteiger charge is -2.11. The molecule has 6 nitrogen and oxygen atoms in total. The molecule has 2 heterocycles. The van der Waals surface area contributed by atoms with Gasteiger partial charge in [0.1, 0.15) is 11.3 Å². The average Bonchev–Trinajstić information content (AvgIpc) is 2.94. The summed E-state index contributed by atoms with van der Waals surface area (Å²) in [5.41, 5.74) is 0.158. The maximum Gasteiger partial charge on any atom is 0.347 e. The van der Waals surface area contributed by atoms with Crippen LogP contribution >= 0.6 is 0 Å². The fourth-order valence-corrected chi connectivity index (χ4v) is 2.00. The second-order valence-corrected chi connectivity index (χ2v) is 4.62. The summed E-state index contributed by atoms with van der Waals surface area (Å²) in [5, 5.41) is 0. The monoisotopic (exact) mass is 299 g/mol. The summed E-state index contributed by atoms with van der Waals surface area (Å²) in [7, 11) is 0. The van der Waals surface area contributed by atoms with Crippen LogP contribution in [0.4, 0.5) is 0 Å². The smallest absolute Gasteiger partial charge is 0.347 e. The van der Waals surface area contributed by atoms with Crippen LogP contribution in [-0.4, -0.2) is 29.6 Å². The van der Waals surface area contributed by atoms with Gasteiger partial charge in [0, 0.05) is 12.6 Å². The van der Waals surface area contributed by atoms with Gasteiger partial charge in [-0.05, 0) is 24.3 Å². The average molecular weight is 299 g/mol. The number of esters is 2. The van der Waals surface area contributed by atoms with Crippen molar-refractivity contribution < 1.29 is 23.8 Å². The minimum atomic E-state index is -0.864. The van der Waals surface area contributed by atoms with Crippen LogP contribution in [0, 0.1) is 0 Å². The maximum absolute atomic E-state index is 12.2. The number of pyridine rings is 1. The van der Waals surface area contributed by atoms with Crippen LogP contribution in [0.2, 0.25) is 0 Å². The van der Waals surface area contributed by atoms with E-state index in [0.29, 0.717) is 12.2 Å². The van der Waals surface area contributed by atoms with Crippen molar-refractivity contribution in [1.82, 2.24) is 4.98 Å². The van der Waals surface area contributed by atoms with Crippen LogP contribution < -0.4 is 4.74 Å². The Morgan fingerprint density at radius 2 is 2.00 bits per heavy atom. The molecule has 1 aromatic heterocycles. The molecule has 0 N–H and O–H groups in total. The Balaban J connectivity index is 1.78. The van der Waals surface area contributed by atoms with Crippen LogP contribution in [0.1, 0.15) is 16.8 Å². The number of carbonyl (C=O) groups is 2. The van der Waals surface area contributed by atoms with E-state index in [1.165, 1.54) is 12.3 Å². The number of aromatic nitrogens is 1. The molecule has 0 aliphatic carbocycles. The number of benzene rings is 1. The molecule has 0 spiro atoms. The normalized spacial score (nSPS) is 16.9. The molecule has 1 atom stereocenters. The van der Waals surface area contributed by atoms with Gasteiger partial charge in [-0.25, -0.2) is 14.6 Å². The van der Waals surface area contributed by atoms with E-state index in [4.69, 9.17) is 14.2 Å². The summed E-state index contributed by atoms with van der Waals surface area (Å²) >= 11 is 0. The highest BCUT2D eigenvalue weighted by atomic mass is 16.6. The van der Waals surface area contributed by atoms with E-state index in [9.17, 15) is 9.59 Å². The predicted molar refractivity (Wildman–Crippen MR) is 75.5 cm³/mol. The highest BCUT2D eigenvalue weighted by Gasteiger charge is 2.31. The fraction of sp³-hybridized carbons (Fsp3) is 0.188. The van der Waals surface area contributed by atoms with E-state index in [2.05, 4.69) is 4.98 Å². The summed E-state index contributed by atoms with van der Waals surface area (Å²) in [6.07, 6.45) is 1.01. The van der Waals surface area contributed by atoms with Gasteiger partial charge in [-0.3, -0.25) is 0 Å². The van der Waals surface area contributed by atoms with Gasteiger partial charge in [0.05, 0.1) is 6.61 Å². The number of hydrogen-bond donors (Lipinski definition) is 0. The largest absolute Gasteiger partial charge is 0.463 e. The number of hydrogen-bond acceptors (Lipinski definition) is 6. The maximum atomic E-state index is 12.2. The second kappa shape index (κ2) is 6.26. The first-order valence-electron chi connectivity index (χ1n) is 6.79. The Morgan fingerprint density at radius 1 is 1.18 bits per heavy atom. The summed E-state index contributed by atoms with van der Waals surface area (Å²) in [6.45, 7) is 0.261. The van der Waals surface area contributed by atoms with Gasteiger partial charge in [-0.15, -0.1) is 0 Å². The van der Waals surface area contributed by atoms with E-state index in [-0.39, 0.29) is 18.1 Å². The summed E-state index contributed by atoms with van der Waals surface area (Å²) in [6, 6.07) is 12.1. The molecule has 1 fully saturated rings. The zero-order chi connectivity index (χ0) is 15.4. The number of nitrogens with zero attached hydrogens (tertiary/aromatic N) is 1. The molecule has 0 saturated carbocycles. The summed E-state index contributed by atoms with van der Waals surface area (Å²) in [4.78, 5) is 27.6. The van der Waals surface area contributed by atoms with Crippen LogP contribution in [0.5, 0.6) is 11.6 Å². The minimum absolute atomic E-state index is 0.130. The molecular formula is C16H13NO5.